The lowest BCUT2D eigenvalue weighted by Crippen LogP contribution is -2.15. The third kappa shape index (κ3) is 7.98. The van der Waals surface area contributed by atoms with Gasteiger partial charge in [0, 0.05) is 46.5 Å². The van der Waals surface area contributed by atoms with E-state index in [1.54, 1.807) is 0 Å². The fraction of sp³-hybridized carbons (Fsp3) is 0.400. The summed E-state index contributed by atoms with van der Waals surface area (Å²) in [5.74, 6) is 1.67. The average molecular weight is 662 g/mol. The SMILES string of the molecule is BC1=C/C(=C)c2nc(-c3ccc4c(c3)c3ccccc3n4C)n(CC(CCCCCC)CCCCCCCC)c2-c2cc(B)ccc2C/C=C\1. The van der Waals surface area contributed by atoms with Crippen molar-refractivity contribution in [2.45, 2.75) is 104 Å². The van der Waals surface area contributed by atoms with E-state index in [-0.39, 0.29) is 0 Å². The molecule has 0 saturated carbocycles. The molecule has 2 aromatic heterocycles. The molecule has 2 heterocycles. The molecule has 0 amide bonds. The molecule has 0 spiro atoms. The number of aryl methyl sites for hydroxylation is 1. The Morgan fingerprint density at radius 1 is 0.800 bits per heavy atom. The molecular formula is C45H57B2N3. The van der Waals surface area contributed by atoms with Crippen LogP contribution in [0.3, 0.4) is 0 Å². The number of unbranched alkanes of at least 4 members (excludes halogenated alkanes) is 8. The van der Waals surface area contributed by atoms with Crippen molar-refractivity contribution in [1.29, 1.82) is 0 Å². The van der Waals surface area contributed by atoms with Crippen LogP contribution in [-0.2, 0) is 20.0 Å². The molecule has 0 bridgehead atoms. The standard InChI is InChI=1S/C45H57B2N3/c1-5-7-9-11-12-14-19-33(18-13-10-8-6-2)31-50-44-39-30-37(47)26-24-34(39)20-17-21-36(46)28-32(3)43(44)48-45(50)35-25-27-42-40(29-35)38-22-15-16-23-41(38)49(42)4/h15-17,21-30,33H,3,5-14,18-20,31,46-47H2,1-2,4H3/b21-17-,36-28+. The quantitative estimate of drug-likeness (QED) is 0.0809. The first-order chi connectivity index (χ1) is 24.4. The van der Waals surface area contributed by atoms with Gasteiger partial charge in [0.2, 0.25) is 0 Å². The minimum atomic E-state index is 0.602. The molecule has 1 unspecified atom stereocenters. The molecule has 5 heteroatoms. The highest BCUT2D eigenvalue weighted by Crippen LogP contribution is 2.39. The molecule has 5 aromatic rings. The predicted molar refractivity (Wildman–Crippen MR) is 224 cm³/mol. The summed E-state index contributed by atoms with van der Waals surface area (Å²) in [6, 6.07) is 22.8. The number of fused-ring (bicyclic) bond motifs is 6. The number of rotatable bonds is 15. The summed E-state index contributed by atoms with van der Waals surface area (Å²) >= 11 is 0. The van der Waals surface area contributed by atoms with E-state index < -0.39 is 0 Å². The molecule has 1 aliphatic rings. The van der Waals surface area contributed by atoms with Gasteiger partial charge in [0.25, 0.3) is 0 Å². The largest absolute Gasteiger partial charge is 0.344 e. The number of hydrogen-bond acceptors (Lipinski definition) is 1. The highest BCUT2D eigenvalue weighted by Gasteiger charge is 2.26. The van der Waals surface area contributed by atoms with Gasteiger partial charge in [-0.2, -0.15) is 0 Å². The summed E-state index contributed by atoms with van der Waals surface area (Å²) < 4.78 is 4.95. The van der Waals surface area contributed by atoms with Gasteiger partial charge in [-0.25, -0.2) is 4.98 Å². The average Bonchev–Trinajstić information content (AvgIpc) is 3.63. The van der Waals surface area contributed by atoms with Gasteiger partial charge >= 0.3 is 0 Å². The van der Waals surface area contributed by atoms with Crippen molar-refractivity contribution in [3.63, 3.8) is 0 Å². The third-order valence-corrected chi connectivity index (χ3v) is 11.0. The summed E-state index contributed by atoms with van der Waals surface area (Å²) in [4.78, 5) is 5.61. The Morgan fingerprint density at radius 3 is 2.28 bits per heavy atom. The van der Waals surface area contributed by atoms with Crippen LogP contribution in [0.1, 0.15) is 102 Å². The second-order valence-corrected chi connectivity index (χ2v) is 15.0. The first-order valence-electron chi connectivity index (χ1n) is 19.6. The molecule has 0 aliphatic heterocycles. The normalized spacial score (nSPS) is 15.5. The Labute approximate surface area is 303 Å². The van der Waals surface area contributed by atoms with Crippen molar-refractivity contribution in [2.24, 2.45) is 13.0 Å². The van der Waals surface area contributed by atoms with Gasteiger partial charge in [0.15, 0.2) is 0 Å². The maximum absolute atomic E-state index is 5.61. The van der Waals surface area contributed by atoms with Gasteiger partial charge in [0.1, 0.15) is 21.5 Å². The van der Waals surface area contributed by atoms with Crippen LogP contribution >= 0.6 is 0 Å². The van der Waals surface area contributed by atoms with E-state index in [1.165, 1.54) is 132 Å². The summed E-state index contributed by atoms with van der Waals surface area (Å²) in [6.07, 6.45) is 23.5. The fourth-order valence-electron chi connectivity index (χ4n) is 8.16. The van der Waals surface area contributed by atoms with E-state index in [1.807, 2.05) is 0 Å². The van der Waals surface area contributed by atoms with E-state index in [0.29, 0.717) is 5.92 Å². The van der Waals surface area contributed by atoms with Gasteiger partial charge in [-0.15, -0.1) is 0 Å². The molecule has 3 nitrogen and oxygen atoms in total. The smallest absolute Gasteiger partial charge is 0.141 e. The van der Waals surface area contributed by atoms with Crippen molar-refractivity contribution < 1.29 is 0 Å². The van der Waals surface area contributed by atoms with Gasteiger partial charge in [0.05, 0.1) is 11.4 Å². The van der Waals surface area contributed by atoms with Crippen LogP contribution in [0.4, 0.5) is 0 Å². The predicted octanol–water partition coefficient (Wildman–Crippen LogP) is 10.1. The monoisotopic (exact) mass is 661 g/mol. The molecule has 0 N–H and O–H groups in total. The van der Waals surface area contributed by atoms with Crippen molar-refractivity contribution in [3.05, 3.63) is 102 Å². The minimum Gasteiger partial charge on any atom is -0.344 e. The molecule has 50 heavy (non-hydrogen) atoms. The number of para-hydroxylation sites is 1. The second-order valence-electron chi connectivity index (χ2n) is 15.0. The highest BCUT2D eigenvalue weighted by molar-refractivity contribution is 6.32. The molecule has 0 fully saturated rings. The van der Waals surface area contributed by atoms with Crippen LogP contribution in [0.2, 0.25) is 0 Å². The summed E-state index contributed by atoms with van der Waals surface area (Å²) in [5.41, 5.74) is 12.1. The van der Waals surface area contributed by atoms with E-state index in [9.17, 15) is 0 Å². The number of allylic oxidation sites excluding steroid dienone is 5. The van der Waals surface area contributed by atoms with Crippen LogP contribution in [0, 0.1) is 5.92 Å². The zero-order chi connectivity index (χ0) is 35.0. The first-order valence-corrected chi connectivity index (χ1v) is 19.6. The van der Waals surface area contributed by atoms with Crippen LogP contribution in [-0.4, -0.2) is 29.8 Å². The second kappa shape index (κ2) is 16.8. The zero-order valence-electron chi connectivity index (χ0n) is 31.5. The lowest BCUT2D eigenvalue weighted by molar-refractivity contribution is 0.360. The molecule has 6 rings (SSSR count). The highest BCUT2D eigenvalue weighted by atomic mass is 15.1. The number of hydrogen-bond donors (Lipinski definition) is 0. The van der Waals surface area contributed by atoms with Crippen LogP contribution in [0.25, 0.3) is 50.0 Å². The Hall–Kier alpha value is -3.98. The Morgan fingerprint density at radius 2 is 1.50 bits per heavy atom. The summed E-state index contributed by atoms with van der Waals surface area (Å²) in [6.45, 7) is 10.3. The van der Waals surface area contributed by atoms with Crippen molar-refractivity contribution in [3.8, 4) is 22.6 Å². The van der Waals surface area contributed by atoms with E-state index >= 15 is 0 Å². The van der Waals surface area contributed by atoms with E-state index in [2.05, 4.69) is 131 Å². The summed E-state index contributed by atoms with van der Waals surface area (Å²) in [5, 5.41) is 2.58. The Bertz CT molecular complexity index is 2010. The van der Waals surface area contributed by atoms with Crippen molar-refractivity contribution in [2.75, 3.05) is 0 Å². The Kier molecular flexibility index (Phi) is 12.1. The van der Waals surface area contributed by atoms with Gasteiger partial charge in [-0.3, -0.25) is 0 Å². The van der Waals surface area contributed by atoms with Gasteiger partial charge in [-0.05, 0) is 60.6 Å². The van der Waals surface area contributed by atoms with Crippen LogP contribution in [0.15, 0.2) is 90.9 Å². The van der Waals surface area contributed by atoms with Crippen LogP contribution in [0.5, 0.6) is 0 Å². The molecular weight excluding hydrogens is 604 g/mol. The lowest BCUT2D eigenvalue weighted by Gasteiger charge is -2.23. The number of benzene rings is 3. The first kappa shape index (κ1) is 35.8. The number of imidazole rings is 1. The molecule has 3 aromatic carbocycles. The molecule has 258 valence electrons. The molecule has 1 atom stereocenters. The fourth-order valence-corrected chi connectivity index (χ4v) is 8.16. The number of nitrogens with zero attached hydrogens (tertiary/aromatic N) is 3. The zero-order valence-corrected chi connectivity index (χ0v) is 31.5. The topological polar surface area (TPSA) is 22.8 Å². The van der Waals surface area contributed by atoms with E-state index in [4.69, 9.17) is 4.98 Å². The van der Waals surface area contributed by atoms with Crippen LogP contribution < -0.4 is 5.46 Å². The maximum Gasteiger partial charge on any atom is 0.141 e. The van der Waals surface area contributed by atoms with Gasteiger partial charge in [-0.1, -0.05) is 150 Å². The minimum absolute atomic E-state index is 0.602. The number of aromatic nitrogens is 3. The molecule has 1 aliphatic carbocycles. The lowest BCUT2D eigenvalue weighted by atomic mass is 9.86. The van der Waals surface area contributed by atoms with Crippen molar-refractivity contribution in [1.82, 2.24) is 14.1 Å². The van der Waals surface area contributed by atoms with E-state index in [0.717, 1.165) is 30.1 Å². The Balaban J connectivity index is 1.52. The van der Waals surface area contributed by atoms with Gasteiger partial charge < -0.3 is 9.13 Å². The van der Waals surface area contributed by atoms with Crippen molar-refractivity contribution >= 4 is 48.5 Å². The maximum atomic E-state index is 5.61. The molecule has 0 saturated heterocycles. The summed E-state index contributed by atoms with van der Waals surface area (Å²) in [7, 11) is 6.58. The third-order valence-electron chi connectivity index (χ3n) is 11.0. The molecule has 0 radical (unpaired) electrons.